The third kappa shape index (κ3) is 3.34. The molecule has 1 saturated heterocycles. The molecular formula is C24H25N5O2. The second-order valence-electron chi connectivity index (χ2n) is 8.72. The van der Waals surface area contributed by atoms with E-state index in [1.165, 1.54) is 0 Å². The van der Waals surface area contributed by atoms with Crippen molar-refractivity contribution in [2.45, 2.75) is 44.9 Å². The number of piperidine rings is 1. The van der Waals surface area contributed by atoms with Crippen LogP contribution in [-0.2, 0) is 11.8 Å². The molecule has 3 aromatic heterocycles. The first kappa shape index (κ1) is 19.6. The minimum absolute atomic E-state index is 0.000415. The number of aryl methyl sites for hydroxylation is 2. The van der Waals surface area contributed by atoms with Crippen LogP contribution >= 0.6 is 0 Å². The van der Waals surface area contributed by atoms with Crippen molar-refractivity contribution in [3.63, 3.8) is 0 Å². The molecule has 4 heterocycles. The van der Waals surface area contributed by atoms with Crippen LogP contribution in [0.1, 0.15) is 52.1 Å². The molecule has 0 radical (unpaired) electrons. The molecule has 0 bridgehead atoms. The van der Waals surface area contributed by atoms with Crippen molar-refractivity contribution >= 4 is 5.91 Å². The van der Waals surface area contributed by atoms with Crippen LogP contribution in [0.15, 0.2) is 41.6 Å². The second-order valence-corrected chi connectivity index (χ2v) is 8.72. The van der Waals surface area contributed by atoms with Crippen LogP contribution in [0.25, 0.3) is 11.4 Å². The van der Waals surface area contributed by atoms with Crippen molar-refractivity contribution in [1.29, 1.82) is 0 Å². The lowest BCUT2D eigenvalue weighted by molar-refractivity contribution is 0.0633. The summed E-state index contributed by atoms with van der Waals surface area (Å²) >= 11 is 0. The van der Waals surface area contributed by atoms with Gasteiger partial charge in [0.2, 0.25) is 0 Å². The Morgan fingerprint density at radius 3 is 2.87 bits per heavy atom. The number of H-pyrrole nitrogens is 1. The molecule has 2 aliphatic rings. The molecular weight excluding hydrogens is 390 g/mol. The highest BCUT2D eigenvalue weighted by molar-refractivity contribution is 5.94. The number of carbonyl (C=O) groups excluding carboxylic acids is 1. The van der Waals surface area contributed by atoms with Gasteiger partial charge < -0.3 is 9.88 Å². The largest absolute Gasteiger partial charge is 0.338 e. The van der Waals surface area contributed by atoms with Crippen LogP contribution in [0.4, 0.5) is 0 Å². The van der Waals surface area contributed by atoms with Crippen LogP contribution in [0, 0.1) is 13.8 Å². The van der Waals surface area contributed by atoms with E-state index >= 15 is 0 Å². The summed E-state index contributed by atoms with van der Waals surface area (Å²) in [5, 5.41) is 0. The molecule has 0 aromatic carbocycles. The number of hydrogen-bond donors (Lipinski definition) is 1. The van der Waals surface area contributed by atoms with Gasteiger partial charge in [-0.15, -0.1) is 0 Å². The molecule has 158 valence electrons. The molecule has 0 saturated carbocycles. The smallest absolute Gasteiger partial charge is 0.255 e. The zero-order valence-electron chi connectivity index (χ0n) is 17.8. The summed E-state index contributed by atoms with van der Waals surface area (Å²) in [7, 11) is 0. The van der Waals surface area contributed by atoms with Gasteiger partial charge in [0.05, 0.1) is 11.3 Å². The topological polar surface area (TPSA) is 91.8 Å². The van der Waals surface area contributed by atoms with Crippen molar-refractivity contribution in [3.8, 4) is 11.4 Å². The number of nitrogens with one attached hydrogen (secondary N) is 1. The number of aromatic amines is 1. The Morgan fingerprint density at radius 2 is 2.10 bits per heavy atom. The van der Waals surface area contributed by atoms with Gasteiger partial charge in [-0.25, -0.2) is 4.98 Å². The maximum Gasteiger partial charge on any atom is 0.255 e. The number of fused-ring (bicyclic) bond motifs is 2. The Kier molecular flexibility index (Phi) is 4.68. The minimum Gasteiger partial charge on any atom is -0.338 e. The minimum atomic E-state index is -0.276. The number of amides is 1. The molecule has 1 unspecified atom stereocenters. The van der Waals surface area contributed by atoms with E-state index in [2.05, 4.69) is 15.0 Å². The van der Waals surface area contributed by atoms with E-state index in [1.54, 1.807) is 18.6 Å². The predicted octanol–water partition coefficient (Wildman–Crippen LogP) is 2.96. The van der Waals surface area contributed by atoms with Gasteiger partial charge in [0, 0.05) is 53.9 Å². The Labute approximate surface area is 180 Å². The average Bonchev–Trinajstić information content (AvgIpc) is 3.14. The van der Waals surface area contributed by atoms with E-state index in [4.69, 9.17) is 4.98 Å². The monoisotopic (exact) mass is 415 g/mol. The molecule has 3 aromatic rings. The summed E-state index contributed by atoms with van der Waals surface area (Å²) in [5.41, 5.74) is 4.61. The second kappa shape index (κ2) is 7.41. The van der Waals surface area contributed by atoms with Gasteiger partial charge in [0.25, 0.3) is 11.5 Å². The maximum atomic E-state index is 13.3. The molecule has 1 aliphatic carbocycles. The number of carbonyl (C=O) groups is 1. The third-order valence-corrected chi connectivity index (χ3v) is 6.76. The Hall–Kier alpha value is -3.35. The number of rotatable bonds is 2. The predicted molar refractivity (Wildman–Crippen MR) is 117 cm³/mol. The molecule has 1 atom stereocenters. The summed E-state index contributed by atoms with van der Waals surface area (Å²) in [6, 6.07) is 5.64. The van der Waals surface area contributed by atoms with Gasteiger partial charge in [-0.1, -0.05) is 0 Å². The van der Waals surface area contributed by atoms with Gasteiger partial charge in [-0.3, -0.25) is 19.6 Å². The molecule has 1 N–H and O–H groups in total. The highest BCUT2D eigenvalue weighted by Gasteiger charge is 2.45. The van der Waals surface area contributed by atoms with Crippen LogP contribution in [0.5, 0.6) is 0 Å². The molecule has 1 spiro atoms. The zero-order valence-corrected chi connectivity index (χ0v) is 17.8. The first-order valence-electron chi connectivity index (χ1n) is 10.7. The number of aromatic nitrogens is 4. The van der Waals surface area contributed by atoms with Crippen LogP contribution < -0.4 is 5.56 Å². The van der Waals surface area contributed by atoms with Crippen molar-refractivity contribution in [1.82, 2.24) is 24.8 Å². The average molecular weight is 415 g/mol. The normalized spacial score (nSPS) is 20.1. The van der Waals surface area contributed by atoms with E-state index < -0.39 is 0 Å². The number of pyridine rings is 2. The Balaban J connectivity index is 1.50. The van der Waals surface area contributed by atoms with Crippen molar-refractivity contribution in [2.75, 3.05) is 13.1 Å². The molecule has 1 fully saturated rings. The van der Waals surface area contributed by atoms with Crippen LogP contribution in [0.2, 0.25) is 0 Å². The van der Waals surface area contributed by atoms with Crippen molar-refractivity contribution in [3.05, 3.63) is 75.2 Å². The molecule has 5 rings (SSSR count). The summed E-state index contributed by atoms with van der Waals surface area (Å²) in [4.78, 5) is 44.4. The van der Waals surface area contributed by atoms with Crippen LogP contribution in [-0.4, -0.2) is 43.8 Å². The standard InChI is InChI=1S/C24H25N5O2/c1-15-11-18(13-26-16(15)2)23(31)29-10-4-7-24(14-29)8-6-19-20(24)27-21(28-22(19)30)17-5-3-9-25-12-17/h3,5,9,11-13H,4,6-8,10,14H2,1-2H3,(H,27,28,30). The van der Waals surface area contributed by atoms with Crippen molar-refractivity contribution < 1.29 is 4.79 Å². The first-order chi connectivity index (χ1) is 15.0. The van der Waals surface area contributed by atoms with Crippen LogP contribution in [0.3, 0.4) is 0 Å². The summed E-state index contributed by atoms with van der Waals surface area (Å²) in [6.07, 6.45) is 8.41. The van der Waals surface area contributed by atoms with E-state index in [9.17, 15) is 9.59 Å². The van der Waals surface area contributed by atoms with E-state index in [-0.39, 0.29) is 16.9 Å². The third-order valence-electron chi connectivity index (χ3n) is 6.76. The van der Waals surface area contributed by atoms with Gasteiger partial charge >= 0.3 is 0 Å². The summed E-state index contributed by atoms with van der Waals surface area (Å²) in [5.74, 6) is 0.542. The quantitative estimate of drug-likeness (QED) is 0.695. The first-order valence-corrected chi connectivity index (χ1v) is 10.7. The molecule has 1 aliphatic heterocycles. The fourth-order valence-corrected chi connectivity index (χ4v) is 4.94. The number of hydrogen-bond acceptors (Lipinski definition) is 5. The van der Waals surface area contributed by atoms with E-state index in [0.29, 0.717) is 30.9 Å². The number of nitrogens with zero attached hydrogens (tertiary/aromatic N) is 4. The Bertz CT molecular complexity index is 1220. The van der Waals surface area contributed by atoms with Crippen molar-refractivity contribution in [2.24, 2.45) is 0 Å². The van der Waals surface area contributed by atoms with Gasteiger partial charge in [-0.05, 0) is 63.3 Å². The van der Waals surface area contributed by atoms with E-state index in [1.807, 2.05) is 36.9 Å². The van der Waals surface area contributed by atoms with E-state index in [0.717, 1.165) is 47.3 Å². The SMILES string of the molecule is Cc1cc(C(=O)N2CCCC3(CCc4c3nc(-c3cccnc3)[nH]c4=O)C2)cnc1C. The maximum absolute atomic E-state index is 13.3. The lowest BCUT2D eigenvalue weighted by Gasteiger charge is -2.40. The lowest BCUT2D eigenvalue weighted by atomic mass is 9.77. The number of likely N-dealkylation sites (tertiary alicyclic amines) is 1. The molecule has 7 nitrogen and oxygen atoms in total. The highest BCUT2D eigenvalue weighted by Crippen LogP contribution is 2.43. The highest BCUT2D eigenvalue weighted by atomic mass is 16.2. The summed E-state index contributed by atoms with van der Waals surface area (Å²) < 4.78 is 0. The Morgan fingerprint density at radius 1 is 1.23 bits per heavy atom. The van der Waals surface area contributed by atoms with Gasteiger partial charge in [0.1, 0.15) is 5.82 Å². The lowest BCUT2D eigenvalue weighted by Crippen LogP contribution is -2.48. The fraction of sp³-hybridized carbons (Fsp3) is 0.375. The molecule has 31 heavy (non-hydrogen) atoms. The molecule has 7 heteroatoms. The zero-order chi connectivity index (χ0) is 21.6. The fourth-order valence-electron chi connectivity index (χ4n) is 4.94. The summed E-state index contributed by atoms with van der Waals surface area (Å²) in [6.45, 7) is 5.20. The molecule has 1 amide bonds. The van der Waals surface area contributed by atoms with Gasteiger partial charge in [0.15, 0.2) is 0 Å². The van der Waals surface area contributed by atoms with Gasteiger partial charge in [-0.2, -0.15) is 0 Å².